The molecular formula is C38H31BrN2. The molecule has 41 heavy (non-hydrogen) atoms. The molecule has 7 rings (SSSR count). The summed E-state index contributed by atoms with van der Waals surface area (Å²) in [5.74, 6) is 1.18. The lowest BCUT2D eigenvalue weighted by Crippen LogP contribution is -3.00. The Morgan fingerprint density at radius 3 is 1.88 bits per heavy atom. The van der Waals surface area contributed by atoms with Crippen LogP contribution in [0, 0.1) is 6.92 Å². The molecule has 0 unspecified atom stereocenters. The van der Waals surface area contributed by atoms with E-state index in [1.165, 1.54) is 60.7 Å². The van der Waals surface area contributed by atoms with E-state index in [1.54, 1.807) is 0 Å². The summed E-state index contributed by atoms with van der Waals surface area (Å²) in [7, 11) is 0. The molecule has 0 amide bonds. The molecule has 6 aromatic carbocycles. The number of rotatable bonds is 6. The molecule has 1 aromatic heterocycles. The van der Waals surface area contributed by atoms with Crippen LogP contribution >= 0.6 is 0 Å². The number of benzene rings is 6. The van der Waals surface area contributed by atoms with E-state index in [1.807, 2.05) is 0 Å². The van der Waals surface area contributed by atoms with Crippen molar-refractivity contribution in [2.75, 3.05) is 0 Å². The normalized spacial score (nSPS) is 11.4. The van der Waals surface area contributed by atoms with E-state index in [4.69, 9.17) is 0 Å². The maximum absolute atomic E-state index is 2.46. The molecule has 0 bridgehead atoms. The van der Waals surface area contributed by atoms with Gasteiger partial charge in [-0.2, -0.15) is 0 Å². The predicted octanol–water partition coefficient (Wildman–Crippen LogP) is 5.81. The fourth-order valence-corrected chi connectivity index (χ4v) is 5.71. The third-order valence-corrected chi connectivity index (χ3v) is 7.83. The van der Waals surface area contributed by atoms with E-state index in [-0.39, 0.29) is 17.0 Å². The summed E-state index contributed by atoms with van der Waals surface area (Å²) in [6.07, 6.45) is 4.52. The number of halogens is 1. The van der Waals surface area contributed by atoms with Gasteiger partial charge in [0.25, 0.3) is 5.82 Å². The Hall–Kier alpha value is -4.47. The smallest absolute Gasteiger partial charge is 0.283 e. The van der Waals surface area contributed by atoms with Crippen molar-refractivity contribution in [1.29, 1.82) is 0 Å². The summed E-state index contributed by atoms with van der Waals surface area (Å²) >= 11 is 0. The highest BCUT2D eigenvalue weighted by Crippen LogP contribution is 2.23. The van der Waals surface area contributed by atoms with Crippen LogP contribution in [0.25, 0.3) is 44.7 Å². The van der Waals surface area contributed by atoms with E-state index in [0.717, 1.165) is 13.1 Å². The zero-order chi connectivity index (χ0) is 26.9. The molecule has 200 valence electrons. The number of hydrogen-bond acceptors (Lipinski definition) is 0. The molecular weight excluding hydrogens is 564 g/mol. The van der Waals surface area contributed by atoms with Crippen molar-refractivity contribution in [2.24, 2.45) is 0 Å². The Kier molecular flexibility index (Phi) is 7.54. The lowest BCUT2D eigenvalue weighted by Gasteiger charge is -2.06. The van der Waals surface area contributed by atoms with Crippen LogP contribution in [0.2, 0.25) is 0 Å². The van der Waals surface area contributed by atoms with Gasteiger partial charge < -0.3 is 17.0 Å². The Morgan fingerprint density at radius 1 is 0.585 bits per heavy atom. The largest absolute Gasteiger partial charge is 1.00 e. The highest BCUT2D eigenvalue weighted by atomic mass is 79.9. The first kappa shape index (κ1) is 26.7. The fourth-order valence-electron chi connectivity index (χ4n) is 5.71. The Morgan fingerprint density at radius 2 is 1.17 bits per heavy atom. The molecule has 7 aromatic rings. The van der Waals surface area contributed by atoms with Gasteiger partial charge in [-0.25, -0.2) is 9.13 Å². The van der Waals surface area contributed by atoms with E-state index in [9.17, 15) is 0 Å². The van der Waals surface area contributed by atoms with Crippen LogP contribution in [0.4, 0.5) is 0 Å². The van der Waals surface area contributed by atoms with Gasteiger partial charge in [0, 0.05) is 6.08 Å². The predicted molar refractivity (Wildman–Crippen MR) is 168 cm³/mol. The molecule has 0 fully saturated rings. The van der Waals surface area contributed by atoms with Crippen LogP contribution in [0.1, 0.15) is 28.1 Å². The number of nitrogens with zero attached hydrogens (tertiary/aromatic N) is 2. The van der Waals surface area contributed by atoms with Crippen LogP contribution in [0.15, 0.2) is 133 Å². The van der Waals surface area contributed by atoms with Gasteiger partial charge in [0.2, 0.25) is 0 Å². The van der Waals surface area contributed by atoms with Gasteiger partial charge in [0.1, 0.15) is 13.1 Å². The quantitative estimate of drug-likeness (QED) is 0.215. The first-order valence-electron chi connectivity index (χ1n) is 13.9. The molecule has 0 aliphatic rings. The Labute approximate surface area is 251 Å². The first-order chi connectivity index (χ1) is 19.7. The van der Waals surface area contributed by atoms with Gasteiger partial charge in [-0.3, -0.25) is 0 Å². The molecule has 1 heterocycles. The standard InChI is InChI=1S/C38H31N2.BrH/c1-28-14-16-29(17-15-28)20-23-38-39(26-30-18-21-32-8-2-4-10-34(32)24-30)36-12-6-7-13-37(36)40(38)27-31-19-22-33-9-3-5-11-35(33)25-31;/h2-25H,26-27H2,1H3;1H/q+1;/p-1/b23-20+;. The van der Waals surface area contributed by atoms with Crippen molar-refractivity contribution >= 4 is 44.7 Å². The van der Waals surface area contributed by atoms with Gasteiger partial charge in [0.15, 0.2) is 11.0 Å². The summed E-state index contributed by atoms with van der Waals surface area (Å²) in [5.41, 5.74) is 7.53. The van der Waals surface area contributed by atoms with Gasteiger partial charge in [0.05, 0.1) is 0 Å². The van der Waals surface area contributed by atoms with Crippen molar-refractivity contribution in [3.63, 3.8) is 0 Å². The second-order valence-electron chi connectivity index (χ2n) is 10.6. The van der Waals surface area contributed by atoms with Gasteiger partial charge >= 0.3 is 0 Å². The number of aromatic nitrogens is 2. The Balaban J connectivity index is 0.00000302. The van der Waals surface area contributed by atoms with Crippen molar-refractivity contribution in [2.45, 2.75) is 20.0 Å². The lowest BCUT2D eigenvalue weighted by molar-refractivity contribution is -0.665. The van der Waals surface area contributed by atoms with Crippen molar-refractivity contribution in [3.05, 3.63) is 162 Å². The number of hydrogen-bond donors (Lipinski definition) is 0. The molecule has 0 radical (unpaired) electrons. The minimum atomic E-state index is 0. The Bertz CT molecular complexity index is 1900. The fraction of sp³-hybridized carbons (Fsp3) is 0.0789. The van der Waals surface area contributed by atoms with Crippen LogP contribution in [0.5, 0.6) is 0 Å². The maximum Gasteiger partial charge on any atom is 0.283 e. The third kappa shape index (κ3) is 5.46. The van der Waals surface area contributed by atoms with Crippen molar-refractivity contribution in [1.82, 2.24) is 4.57 Å². The average Bonchev–Trinajstić information content (AvgIpc) is 3.28. The third-order valence-electron chi connectivity index (χ3n) is 7.83. The molecule has 0 aliphatic carbocycles. The summed E-state index contributed by atoms with van der Waals surface area (Å²) < 4.78 is 4.93. The van der Waals surface area contributed by atoms with E-state index < -0.39 is 0 Å². The number of para-hydroxylation sites is 2. The van der Waals surface area contributed by atoms with Gasteiger partial charge in [-0.1, -0.05) is 115 Å². The molecule has 0 atom stereocenters. The van der Waals surface area contributed by atoms with E-state index in [2.05, 4.69) is 162 Å². The zero-order valence-electron chi connectivity index (χ0n) is 23.0. The van der Waals surface area contributed by atoms with E-state index in [0.29, 0.717) is 0 Å². The lowest BCUT2D eigenvalue weighted by atomic mass is 10.1. The van der Waals surface area contributed by atoms with Crippen molar-refractivity contribution in [3.8, 4) is 0 Å². The average molecular weight is 596 g/mol. The molecule has 0 N–H and O–H groups in total. The molecule has 0 spiro atoms. The number of imidazole rings is 1. The zero-order valence-corrected chi connectivity index (χ0v) is 24.6. The summed E-state index contributed by atoms with van der Waals surface area (Å²) in [5, 5.41) is 5.10. The molecule has 3 heteroatoms. The van der Waals surface area contributed by atoms with Gasteiger partial charge in [-0.05, 0) is 75.5 Å². The highest BCUT2D eigenvalue weighted by Gasteiger charge is 2.23. The summed E-state index contributed by atoms with van der Waals surface area (Å²) in [6.45, 7) is 3.72. The van der Waals surface area contributed by atoms with Crippen LogP contribution < -0.4 is 21.5 Å². The van der Waals surface area contributed by atoms with E-state index >= 15 is 0 Å². The van der Waals surface area contributed by atoms with Crippen molar-refractivity contribution < 1.29 is 21.5 Å². The van der Waals surface area contributed by atoms with Crippen LogP contribution in [-0.4, -0.2) is 4.57 Å². The minimum Gasteiger partial charge on any atom is -1.00 e. The SMILES string of the molecule is Cc1ccc(/C=C/c2n(Cc3ccc4ccccc4c3)c3ccccc3[n+]2Cc2ccc3ccccc3c2)cc1.[Br-]. The molecule has 0 saturated heterocycles. The summed E-state index contributed by atoms with van der Waals surface area (Å²) in [6, 6.07) is 48.4. The second kappa shape index (κ2) is 11.6. The molecule has 2 nitrogen and oxygen atoms in total. The number of aryl methyl sites for hydroxylation is 1. The molecule has 0 saturated carbocycles. The number of fused-ring (bicyclic) bond motifs is 3. The topological polar surface area (TPSA) is 8.81 Å². The van der Waals surface area contributed by atoms with Gasteiger partial charge in [-0.15, -0.1) is 0 Å². The first-order valence-corrected chi connectivity index (χ1v) is 13.9. The molecule has 0 aliphatic heterocycles. The monoisotopic (exact) mass is 594 g/mol. The van der Waals surface area contributed by atoms with Crippen LogP contribution in [-0.2, 0) is 13.1 Å². The second-order valence-corrected chi connectivity index (χ2v) is 10.6. The minimum absolute atomic E-state index is 0. The highest BCUT2D eigenvalue weighted by molar-refractivity contribution is 5.84. The maximum atomic E-state index is 2.46. The van der Waals surface area contributed by atoms with Crippen LogP contribution in [0.3, 0.4) is 0 Å². The summed E-state index contributed by atoms with van der Waals surface area (Å²) in [4.78, 5) is 0.